The van der Waals surface area contributed by atoms with E-state index in [0.29, 0.717) is 5.69 Å². The van der Waals surface area contributed by atoms with Crippen LogP contribution in [0.1, 0.15) is 11.4 Å². The quantitative estimate of drug-likeness (QED) is 0.239. The lowest BCUT2D eigenvalue weighted by atomic mass is 10.2. The highest BCUT2D eigenvalue weighted by Crippen LogP contribution is 2.20. The molecule has 28 heavy (non-hydrogen) atoms. The first-order valence-electron chi connectivity index (χ1n) is 7.71. The Hall–Kier alpha value is -3.02. The lowest BCUT2D eigenvalue weighted by molar-refractivity contribution is 0.300. The number of rotatable bonds is 6. The van der Waals surface area contributed by atoms with Crippen LogP contribution < -0.4 is 10.0 Å². The van der Waals surface area contributed by atoms with Gasteiger partial charge in [-0.25, -0.2) is 22.2 Å². The van der Waals surface area contributed by atoms with E-state index in [0.717, 1.165) is 6.07 Å². The van der Waals surface area contributed by atoms with Gasteiger partial charge in [0.1, 0.15) is 11.5 Å². The molecular formula is C16H13ClFN5O4S. The third-order valence-electron chi connectivity index (χ3n) is 3.55. The standard InChI is InChI=1S/C16H13ClFN5O4S/c17-12-8-10(6-7-13(12)18)20-16(21-24)15-14(22-27-23-15)9-19-28(25,26)11-4-2-1-3-5-11/h1-8,19,24H,9H2,(H,20,21). The van der Waals surface area contributed by atoms with Crippen LogP contribution in [0, 0.1) is 5.82 Å². The van der Waals surface area contributed by atoms with Crippen molar-refractivity contribution < 1.29 is 22.6 Å². The highest BCUT2D eigenvalue weighted by molar-refractivity contribution is 7.89. The number of aromatic nitrogens is 2. The monoisotopic (exact) mass is 425 g/mol. The number of halogens is 2. The second-order valence-corrected chi connectivity index (χ2v) is 7.57. The summed E-state index contributed by atoms with van der Waals surface area (Å²) in [7, 11) is -3.80. The van der Waals surface area contributed by atoms with Gasteiger partial charge in [-0.3, -0.25) is 0 Å². The molecule has 0 saturated carbocycles. The number of nitrogens with zero attached hydrogens (tertiary/aromatic N) is 3. The van der Waals surface area contributed by atoms with E-state index in [9.17, 15) is 18.0 Å². The zero-order chi connectivity index (χ0) is 20.1. The minimum atomic E-state index is -3.80. The molecule has 0 aliphatic heterocycles. The predicted molar refractivity (Wildman–Crippen MR) is 98.1 cm³/mol. The molecule has 0 atom stereocenters. The molecule has 9 nitrogen and oxygen atoms in total. The third kappa shape index (κ3) is 4.44. The van der Waals surface area contributed by atoms with E-state index in [2.05, 4.69) is 30.1 Å². The number of amidine groups is 1. The summed E-state index contributed by atoms with van der Waals surface area (Å²) < 4.78 is 44.9. The molecule has 1 aromatic heterocycles. The molecule has 0 unspecified atom stereocenters. The Balaban J connectivity index is 1.77. The summed E-state index contributed by atoms with van der Waals surface area (Å²) in [6, 6.07) is 11.5. The van der Waals surface area contributed by atoms with Crippen molar-refractivity contribution in [3.05, 3.63) is 70.8 Å². The van der Waals surface area contributed by atoms with Crippen molar-refractivity contribution in [1.82, 2.24) is 15.0 Å². The van der Waals surface area contributed by atoms with Crippen molar-refractivity contribution in [3.63, 3.8) is 0 Å². The third-order valence-corrected chi connectivity index (χ3v) is 5.25. The van der Waals surface area contributed by atoms with E-state index in [-0.39, 0.29) is 33.7 Å². The fourth-order valence-electron chi connectivity index (χ4n) is 2.19. The minimum absolute atomic E-state index is 0.0429. The summed E-state index contributed by atoms with van der Waals surface area (Å²) in [6.07, 6.45) is 0. The van der Waals surface area contributed by atoms with Gasteiger partial charge in [-0.2, -0.15) is 0 Å². The van der Waals surface area contributed by atoms with Crippen molar-refractivity contribution in [2.24, 2.45) is 5.16 Å². The smallest absolute Gasteiger partial charge is 0.240 e. The molecule has 0 saturated heterocycles. The van der Waals surface area contributed by atoms with Crippen LogP contribution in [-0.2, 0) is 16.6 Å². The Morgan fingerprint density at radius 2 is 1.96 bits per heavy atom. The fraction of sp³-hybridized carbons (Fsp3) is 0.0625. The average molecular weight is 426 g/mol. The molecule has 0 amide bonds. The van der Waals surface area contributed by atoms with Crippen molar-refractivity contribution in [2.45, 2.75) is 11.4 Å². The van der Waals surface area contributed by atoms with Crippen molar-refractivity contribution in [1.29, 1.82) is 0 Å². The average Bonchev–Trinajstić information content (AvgIpc) is 3.16. The van der Waals surface area contributed by atoms with Crippen LogP contribution in [0.3, 0.4) is 0 Å². The van der Waals surface area contributed by atoms with Crippen LogP contribution in [0.5, 0.6) is 0 Å². The summed E-state index contributed by atoms with van der Waals surface area (Å²) in [4.78, 5) is 0.0723. The van der Waals surface area contributed by atoms with Gasteiger partial charge in [0.15, 0.2) is 5.69 Å². The second kappa shape index (κ2) is 8.33. The lowest BCUT2D eigenvalue weighted by Gasteiger charge is -2.08. The van der Waals surface area contributed by atoms with Gasteiger partial charge in [0.05, 0.1) is 16.5 Å². The van der Waals surface area contributed by atoms with E-state index in [1.54, 1.807) is 18.2 Å². The van der Waals surface area contributed by atoms with Crippen molar-refractivity contribution in [2.75, 3.05) is 5.32 Å². The molecule has 0 radical (unpaired) electrons. The normalized spacial score (nSPS) is 12.1. The van der Waals surface area contributed by atoms with Gasteiger partial charge in [0.25, 0.3) is 0 Å². The van der Waals surface area contributed by atoms with Gasteiger partial charge in [0.2, 0.25) is 15.9 Å². The Bertz CT molecular complexity index is 1110. The summed E-state index contributed by atoms with van der Waals surface area (Å²) in [5, 5.41) is 22.1. The highest BCUT2D eigenvalue weighted by atomic mass is 35.5. The molecule has 0 fully saturated rings. The summed E-state index contributed by atoms with van der Waals surface area (Å²) in [5.74, 6) is -0.813. The van der Waals surface area contributed by atoms with E-state index < -0.39 is 15.8 Å². The maximum Gasteiger partial charge on any atom is 0.240 e. The topological polar surface area (TPSA) is 130 Å². The second-order valence-electron chi connectivity index (χ2n) is 5.40. The number of hydrogen-bond acceptors (Lipinski definition) is 7. The zero-order valence-corrected chi connectivity index (χ0v) is 15.6. The van der Waals surface area contributed by atoms with E-state index in [1.807, 2.05) is 0 Å². The number of anilines is 1. The Morgan fingerprint density at radius 1 is 1.21 bits per heavy atom. The maximum atomic E-state index is 13.3. The summed E-state index contributed by atoms with van der Waals surface area (Å²) in [5.41, 5.74) is 0.324. The molecule has 0 aliphatic carbocycles. The SMILES string of the molecule is O=S(=O)(NCc1nonc1C(=NO)Nc1ccc(F)c(Cl)c1)c1ccccc1. The molecule has 0 aliphatic rings. The van der Waals surface area contributed by atoms with Gasteiger partial charge in [-0.15, -0.1) is 0 Å². The Kier molecular flexibility index (Phi) is 5.87. The number of benzene rings is 2. The highest BCUT2D eigenvalue weighted by Gasteiger charge is 2.21. The lowest BCUT2D eigenvalue weighted by Crippen LogP contribution is -2.25. The molecule has 0 bridgehead atoms. The molecular weight excluding hydrogens is 413 g/mol. The van der Waals surface area contributed by atoms with Crippen molar-refractivity contribution >= 4 is 33.1 Å². The predicted octanol–water partition coefficient (Wildman–Crippen LogP) is 2.59. The van der Waals surface area contributed by atoms with Crippen LogP contribution in [0.15, 0.2) is 63.2 Å². The van der Waals surface area contributed by atoms with Gasteiger partial charge in [0, 0.05) is 5.69 Å². The molecule has 3 N–H and O–H groups in total. The van der Waals surface area contributed by atoms with E-state index >= 15 is 0 Å². The molecule has 3 rings (SSSR count). The molecule has 2 aromatic carbocycles. The number of oxime groups is 1. The van der Waals surface area contributed by atoms with Crippen LogP contribution in [0.25, 0.3) is 0 Å². The molecule has 3 aromatic rings. The van der Waals surface area contributed by atoms with Crippen LogP contribution >= 0.6 is 11.6 Å². The minimum Gasteiger partial charge on any atom is -0.409 e. The molecule has 0 spiro atoms. The van der Waals surface area contributed by atoms with Crippen LogP contribution in [0.4, 0.5) is 10.1 Å². The van der Waals surface area contributed by atoms with Crippen LogP contribution in [0.2, 0.25) is 5.02 Å². The first-order valence-corrected chi connectivity index (χ1v) is 9.57. The van der Waals surface area contributed by atoms with Crippen molar-refractivity contribution in [3.8, 4) is 0 Å². The van der Waals surface area contributed by atoms with Gasteiger partial charge >= 0.3 is 0 Å². The van der Waals surface area contributed by atoms with Crippen LogP contribution in [-0.4, -0.2) is 29.8 Å². The molecule has 12 heteroatoms. The zero-order valence-electron chi connectivity index (χ0n) is 14.0. The maximum absolute atomic E-state index is 13.3. The van der Waals surface area contributed by atoms with Gasteiger partial charge < -0.3 is 10.5 Å². The number of nitrogens with one attached hydrogen (secondary N) is 2. The summed E-state index contributed by atoms with van der Waals surface area (Å²) >= 11 is 5.71. The summed E-state index contributed by atoms with van der Waals surface area (Å²) in [6.45, 7) is -0.277. The molecule has 146 valence electrons. The number of sulfonamides is 1. The number of hydrogen-bond donors (Lipinski definition) is 3. The largest absolute Gasteiger partial charge is 0.409 e. The van der Waals surface area contributed by atoms with E-state index in [1.165, 1.54) is 24.3 Å². The fourth-order valence-corrected chi connectivity index (χ4v) is 3.38. The Labute approximate surface area is 163 Å². The first kappa shape index (κ1) is 19.7. The van der Waals surface area contributed by atoms with E-state index in [4.69, 9.17) is 11.6 Å². The van der Waals surface area contributed by atoms with Gasteiger partial charge in [-0.1, -0.05) is 40.1 Å². The Morgan fingerprint density at radius 3 is 2.64 bits per heavy atom. The molecule has 1 heterocycles. The first-order chi connectivity index (χ1) is 13.4. The van der Waals surface area contributed by atoms with Gasteiger partial charge in [-0.05, 0) is 35.5 Å².